The van der Waals surface area contributed by atoms with Crippen LogP contribution in [0.5, 0.6) is 0 Å². The van der Waals surface area contributed by atoms with Crippen LogP contribution in [-0.2, 0) is 25.5 Å². The van der Waals surface area contributed by atoms with E-state index in [1.807, 2.05) is 89.2 Å². The number of aromatic nitrogens is 3. The predicted molar refractivity (Wildman–Crippen MR) is 246 cm³/mol. The van der Waals surface area contributed by atoms with Gasteiger partial charge in [-0.3, -0.25) is 4.98 Å². The van der Waals surface area contributed by atoms with Gasteiger partial charge in [0.2, 0.25) is 18.2 Å². The molecule has 61 heavy (non-hydrogen) atoms. The summed E-state index contributed by atoms with van der Waals surface area (Å²) in [6.07, 6.45) is 12.6. The lowest BCUT2D eigenvalue weighted by atomic mass is 9.56. The first-order valence-electron chi connectivity index (χ1n) is 22.6. The summed E-state index contributed by atoms with van der Waals surface area (Å²) in [4.78, 5) is 91.0. The van der Waals surface area contributed by atoms with Gasteiger partial charge in [-0.25, -0.2) is 37.9 Å². The summed E-state index contributed by atoms with van der Waals surface area (Å²) in [5.41, 5.74) is -7.74. The van der Waals surface area contributed by atoms with E-state index >= 15 is 0 Å². The lowest BCUT2D eigenvalue weighted by Crippen LogP contribution is -2.64. The average molecular weight is 853 g/mol. The van der Waals surface area contributed by atoms with Crippen molar-refractivity contribution in [1.82, 2.24) is 14.1 Å². The highest BCUT2D eigenvalue weighted by Crippen LogP contribution is 2.59. The predicted octanol–water partition coefficient (Wildman–Crippen LogP) is 10.5. The van der Waals surface area contributed by atoms with Crippen LogP contribution in [-0.4, -0.2) is 49.0 Å². The van der Waals surface area contributed by atoms with Crippen molar-refractivity contribution in [2.75, 3.05) is 0 Å². The highest BCUT2D eigenvalue weighted by atomic mass is 16.2. The number of aliphatic imine (C=N–C) groups is 3. The molecule has 0 amide bonds. The molecule has 12 heteroatoms. The molecule has 5 atom stereocenters. The van der Waals surface area contributed by atoms with Crippen molar-refractivity contribution in [1.29, 1.82) is 0 Å². The van der Waals surface area contributed by atoms with Crippen molar-refractivity contribution in [2.45, 2.75) is 237 Å². The third-order valence-electron chi connectivity index (χ3n) is 16.3. The van der Waals surface area contributed by atoms with Crippen LogP contribution in [0.1, 0.15) is 210 Å². The molecule has 12 nitrogen and oxygen atoms in total. The summed E-state index contributed by atoms with van der Waals surface area (Å²) in [6.45, 7) is 43.7. The average Bonchev–Trinajstić information content (AvgIpc) is 3.14. The zero-order valence-corrected chi connectivity index (χ0v) is 42.3. The second-order valence-electron chi connectivity index (χ2n) is 25.0. The fraction of sp³-hybridized carbons (Fsp3) is 0.878. The van der Waals surface area contributed by atoms with E-state index in [4.69, 9.17) is 0 Å². The van der Waals surface area contributed by atoms with E-state index in [1.54, 1.807) is 12.2 Å². The number of aromatic amines is 1. The Hall–Kier alpha value is -3.45. The monoisotopic (exact) mass is 853 g/mol. The lowest BCUT2D eigenvalue weighted by Gasteiger charge is -2.51. The Morgan fingerprint density at radius 1 is 0.459 bits per heavy atom. The molecule has 3 aliphatic carbocycles. The topological polar surface area (TPSA) is 165 Å². The van der Waals surface area contributed by atoms with E-state index in [0.29, 0.717) is 37.5 Å². The molecule has 346 valence electrons. The zero-order chi connectivity index (χ0) is 47.9. The molecule has 1 heterocycles. The van der Waals surface area contributed by atoms with E-state index < -0.39 is 55.5 Å². The number of H-pyrrole nitrogens is 1. The van der Waals surface area contributed by atoms with E-state index in [9.17, 15) is 28.8 Å². The Bertz CT molecular complexity index is 2100. The first kappa shape index (κ1) is 53.7. The van der Waals surface area contributed by atoms with Gasteiger partial charge >= 0.3 is 17.1 Å². The maximum Gasteiger partial charge on any atom is 0.337 e. The van der Waals surface area contributed by atoms with Crippen molar-refractivity contribution in [3.8, 4) is 0 Å². The molecule has 1 aromatic heterocycles. The van der Waals surface area contributed by atoms with Crippen LogP contribution in [0, 0.1) is 37.9 Å². The second-order valence-corrected chi connectivity index (χ2v) is 25.0. The van der Waals surface area contributed by atoms with Crippen molar-refractivity contribution in [3.05, 3.63) is 31.5 Å². The van der Waals surface area contributed by atoms with Crippen LogP contribution in [0.25, 0.3) is 0 Å². The minimum Gasteiger partial charge on any atom is -0.259 e. The molecule has 0 bridgehead atoms. The lowest BCUT2D eigenvalue weighted by molar-refractivity contribution is 0.0293. The zero-order valence-electron chi connectivity index (χ0n) is 42.3. The Morgan fingerprint density at radius 2 is 0.918 bits per heavy atom. The van der Waals surface area contributed by atoms with E-state index in [0.717, 1.165) is 12.8 Å². The minimum atomic E-state index is -1.11. The first-order chi connectivity index (χ1) is 27.3. The summed E-state index contributed by atoms with van der Waals surface area (Å²) < 4.78 is 2.41. The van der Waals surface area contributed by atoms with Gasteiger partial charge in [-0.1, -0.05) is 111 Å². The van der Waals surface area contributed by atoms with Gasteiger partial charge in [-0.15, -0.1) is 0 Å². The molecule has 1 N–H and O–H groups in total. The highest BCUT2D eigenvalue weighted by molar-refractivity contribution is 5.37. The molecule has 4 rings (SSSR count). The number of nitrogens with one attached hydrogen (secondary N) is 1. The third kappa shape index (κ3) is 10.5. The molecule has 0 spiro atoms. The number of carbonyl (C=O) groups excluding carboxylic acids is 3. The summed E-state index contributed by atoms with van der Waals surface area (Å²) in [6, 6.07) is 0. The number of rotatable bonds is 5. The highest BCUT2D eigenvalue weighted by Gasteiger charge is 2.59. The molecular weight excluding hydrogens is 769 g/mol. The molecule has 5 unspecified atom stereocenters. The van der Waals surface area contributed by atoms with Crippen molar-refractivity contribution in [3.63, 3.8) is 0 Å². The van der Waals surface area contributed by atoms with Gasteiger partial charge < -0.3 is 0 Å². The summed E-state index contributed by atoms with van der Waals surface area (Å²) in [7, 11) is 0. The maximum atomic E-state index is 14.6. The normalized spacial score (nSPS) is 34.1. The minimum absolute atomic E-state index is 0.0194. The Balaban J connectivity index is 0.000000534. The van der Waals surface area contributed by atoms with Crippen LogP contribution in [0.15, 0.2) is 29.4 Å². The fourth-order valence-corrected chi connectivity index (χ4v) is 12.7. The van der Waals surface area contributed by atoms with Gasteiger partial charge in [-0.2, -0.15) is 15.0 Å². The molecule has 0 radical (unpaired) electrons. The van der Waals surface area contributed by atoms with Gasteiger partial charge in [0, 0.05) is 0 Å². The van der Waals surface area contributed by atoms with Crippen LogP contribution in [0.2, 0.25) is 0 Å². The van der Waals surface area contributed by atoms with Crippen molar-refractivity contribution >= 4 is 18.2 Å². The van der Waals surface area contributed by atoms with Crippen molar-refractivity contribution in [2.24, 2.45) is 52.9 Å². The standard InChI is InChI=1S/C31H49N5O5.C16H29NO.C2H6/c1-24(2)15-26(5,6)30(11,18-28(9,16-24)32-19-37)36-22(40)34-21(39)35(23(36)41)29(10)14-13-25(3,4)31(12,33-20-38)27(7,8)17-29;1-13(2)8-9-14(3,4)11-16(7,17-12-18)15(5,6)10-13;1-2/h13-18H2,1-12H3,(H,34,39,40);8-11H2,1-7H3;1-2H3. The number of isocyanates is 3. The van der Waals surface area contributed by atoms with Gasteiger partial charge in [0.15, 0.2) is 0 Å². The van der Waals surface area contributed by atoms with E-state index in [-0.39, 0.29) is 28.2 Å². The number of nitrogens with zero attached hydrogens (tertiary/aromatic N) is 5. The number of hydrogen-bond donors (Lipinski definition) is 1. The van der Waals surface area contributed by atoms with Gasteiger partial charge in [0.25, 0.3) is 0 Å². The molecule has 3 fully saturated rings. The molecular formula is C49H84N6O6. The Morgan fingerprint density at radius 3 is 1.41 bits per heavy atom. The van der Waals surface area contributed by atoms with E-state index in [1.165, 1.54) is 22.0 Å². The summed E-state index contributed by atoms with van der Waals surface area (Å²) >= 11 is 0. The van der Waals surface area contributed by atoms with E-state index in [2.05, 4.69) is 82.3 Å². The SMILES string of the molecule is CC.CC1(C)CC(C)(N=C=O)CC(C)(n2c(=O)[nH]c(=O)n(C3(C)CCC(C)(C)C(C)(N=C=O)C(C)(C)C3)c2=O)C(C)(C)C1.CC1(C)CCC(C)(C)CC(C)(N=C=O)C(C)(C)C1. The van der Waals surface area contributed by atoms with Crippen LogP contribution in [0.4, 0.5) is 0 Å². The van der Waals surface area contributed by atoms with Crippen LogP contribution < -0.4 is 17.1 Å². The molecule has 0 aromatic carbocycles. The largest absolute Gasteiger partial charge is 0.337 e. The quantitative estimate of drug-likeness (QED) is 0.176. The fourth-order valence-electron chi connectivity index (χ4n) is 12.7. The second kappa shape index (κ2) is 17.3. The van der Waals surface area contributed by atoms with Gasteiger partial charge in [0.05, 0.1) is 27.7 Å². The van der Waals surface area contributed by atoms with Crippen molar-refractivity contribution < 1.29 is 14.4 Å². The van der Waals surface area contributed by atoms with Gasteiger partial charge in [0.1, 0.15) is 0 Å². The maximum absolute atomic E-state index is 14.6. The van der Waals surface area contributed by atoms with Crippen LogP contribution in [0.3, 0.4) is 0 Å². The number of hydrogen-bond acceptors (Lipinski definition) is 9. The smallest absolute Gasteiger partial charge is 0.259 e. The summed E-state index contributed by atoms with van der Waals surface area (Å²) in [5.74, 6) is 0. The third-order valence-corrected chi connectivity index (χ3v) is 16.3. The Kier molecular flexibility index (Phi) is 15.2. The molecule has 0 saturated heterocycles. The molecule has 3 saturated carbocycles. The van der Waals surface area contributed by atoms with Crippen LogP contribution >= 0.6 is 0 Å². The molecule has 1 aromatic rings. The molecule has 0 aliphatic heterocycles. The summed E-state index contributed by atoms with van der Waals surface area (Å²) in [5, 5.41) is 0. The molecule has 3 aliphatic rings. The Labute approximate surface area is 367 Å². The van der Waals surface area contributed by atoms with Gasteiger partial charge in [-0.05, 0) is 137 Å². The first-order valence-corrected chi connectivity index (χ1v) is 22.6.